The molecule has 0 aliphatic carbocycles. The predicted molar refractivity (Wildman–Crippen MR) is 140 cm³/mol. The van der Waals surface area contributed by atoms with Crippen LogP contribution in [0.15, 0.2) is 0 Å². The first kappa shape index (κ1) is 30.5. The van der Waals surface area contributed by atoms with Gasteiger partial charge in [-0.1, -0.05) is 155 Å². The van der Waals surface area contributed by atoms with Crippen molar-refractivity contribution in [3.8, 4) is 0 Å². The molecule has 0 spiro atoms. The van der Waals surface area contributed by atoms with E-state index in [-0.39, 0.29) is 5.91 Å². The molecule has 0 saturated carbocycles. The van der Waals surface area contributed by atoms with Crippen molar-refractivity contribution in [2.24, 2.45) is 0 Å². The number of carbonyl (C=O) groups is 1. The summed E-state index contributed by atoms with van der Waals surface area (Å²) in [6.45, 7) is 5.45. The minimum Gasteiger partial charge on any atom is -0.356 e. The molecular formula is C29H59NO. The number of nitrogens with one attached hydrogen (secondary N) is 1. The molecule has 0 aliphatic heterocycles. The summed E-state index contributed by atoms with van der Waals surface area (Å²) >= 11 is 0. The second-order valence-corrected chi connectivity index (χ2v) is 9.88. The number of amides is 1. The smallest absolute Gasteiger partial charge is 0.219 e. The van der Waals surface area contributed by atoms with Crippen molar-refractivity contribution in [2.45, 2.75) is 174 Å². The van der Waals surface area contributed by atoms with Gasteiger partial charge in [0.15, 0.2) is 0 Å². The van der Waals surface area contributed by atoms with Crippen molar-refractivity contribution in [3.63, 3.8) is 0 Å². The van der Waals surface area contributed by atoms with E-state index in [1.54, 1.807) is 0 Å². The number of rotatable bonds is 26. The highest BCUT2D eigenvalue weighted by atomic mass is 16.1. The zero-order valence-corrected chi connectivity index (χ0v) is 21.8. The third-order valence-corrected chi connectivity index (χ3v) is 6.61. The van der Waals surface area contributed by atoms with E-state index in [0.29, 0.717) is 0 Å². The summed E-state index contributed by atoms with van der Waals surface area (Å²) in [6.07, 6.45) is 33.4. The average molecular weight is 438 g/mol. The minimum absolute atomic E-state index is 0.273. The Kier molecular flexibility index (Phi) is 27.0. The maximum atomic E-state index is 11.9. The fraction of sp³-hybridized carbons (Fsp3) is 0.966. The molecule has 0 aromatic rings. The maximum absolute atomic E-state index is 11.9. The van der Waals surface area contributed by atoms with E-state index in [0.717, 1.165) is 25.8 Å². The van der Waals surface area contributed by atoms with E-state index < -0.39 is 0 Å². The molecule has 0 heterocycles. The van der Waals surface area contributed by atoms with Gasteiger partial charge in [-0.05, 0) is 12.8 Å². The van der Waals surface area contributed by atoms with Crippen LogP contribution < -0.4 is 5.32 Å². The molecule has 0 aliphatic rings. The Morgan fingerprint density at radius 2 is 0.710 bits per heavy atom. The standard InChI is InChI=1S/C29H59NO/c1-3-5-7-9-11-13-15-16-18-20-22-24-26-28-30-29(31)27-25-23-21-19-17-14-12-10-8-6-4-2/h3-28H2,1-2H3,(H,30,31). The SMILES string of the molecule is CCCCCCCCCCCCCCCNC(=O)CCCCCCCCCCCCC. The topological polar surface area (TPSA) is 29.1 Å². The molecule has 0 radical (unpaired) electrons. The highest BCUT2D eigenvalue weighted by Crippen LogP contribution is 2.13. The summed E-state index contributed by atoms with van der Waals surface area (Å²) in [5.41, 5.74) is 0. The van der Waals surface area contributed by atoms with E-state index in [2.05, 4.69) is 19.2 Å². The number of unbranched alkanes of at least 4 members (excludes halogenated alkanes) is 22. The monoisotopic (exact) mass is 437 g/mol. The molecule has 0 fully saturated rings. The third-order valence-electron chi connectivity index (χ3n) is 6.61. The van der Waals surface area contributed by atoms with Crippen molar-refractivity contribution in [2.75, 3.05) is 6.54 Å². The van der Waals surface area contributed by atoms with Gasteiger partial charge in [-0.15, -0.1) is 0 Å². The van der Waals surface area contributed by atoms with E-state index in [4.69, 9.17) is 0 Å². The van der Waals surface area contributed by atoms with Crippen LogP contribution in [0.2, 0.25) is 0 Å². The van der Waals surface area contributed by atoms with Gasteiger partial charge >= 0.3 is 0 Å². The van der Waals surface area contributed by atoms with Gasteiger partial charge in [0.25, 0.3) is 0 Å². The van der Waals surface area contributed by atoms with Gasteiger partial charge in [0, 0.05) is 13.0 Å². The van der Waals surface area contributed by atoms with Crippen LogP contribution >= 0.6 is 0 Å². The molecule has 0 atom stereocenters. The van der Waals surface area contributed by atoms with E-state index in [1.807, 2.05) is 0 Å². The number of carbonyl (C=O) groups excluding carboxylic acids is 1. The molecule has 31 heavy (non-hydrogen) atoms. The quantitative estimate of drug-likeness (QED) is 0.134. The summed E-state index contributed by atoms with van der Waals surface area (Å²) in [5, 5.41) is 3.12. The van der Waals surface area contributed by atoms with Crippen LogP contribution in [0.5, 0.6) is 0 Å². The van der Waals surface area contributed by atoms with Gasteiger partial charge in [0.05, 0.1) is 0 Å². The van der Waals surface area contributed by atoms with Crippen molar-refractivity contribution in [1.29, 1.82) is 0 Å². The molecule has 0 bridgehead atoms. The average Bonchev–Trinajstić information content (AvgIpc) is 2.77. The Hall–Kier alpha value is -0.530. The molecule has 0 aromatic carbocycles. The van der Waals surface area contributed by atoms with E-state index in [9.17, 15) is 4.79 Å². The molecule has 0 rings (SSSR count). The first-order valence-corrected chi connectivity index (χ1v) is 14.6. The van der Waals surface area contributed by atoms with Gasteiger partial charge in [-0.3, -0.25) is 4.79 Å². The van der Waals surface area contributed by atoms with E-state index >= 15 is 0 Å². The van der Waals surface area contributed by atoms with Crippen LogP contribution in [0.25, 0.3) is 0 Å². The lowest BCUT2D eigenvalue weighted by Gasteiger charge is -2.06. The number of hydrogen-bond acceptors (Lipinski definition) is 1. The largest absolute Gasteiger partial charge is 0.356 e. The molecular weight excluding hydrogens is 378 g/mol. The van der Waals surface area contributed by atoms with Crippen LogP contribution in [-0.2, 0) is 4.79 Å². The van der Waals surface area contributed by atoms with Gasteiger partial charge in [-0.25, -0.2) is 0 Å². The third kappa shape index (κ3) is 27.4. The normalized spacial score (nSPS) is 11.2. The first-order chi connectivity index (χ1) is 15.3. The molecule has 2 heteroatoms. The Bertz CT molecular complexity index is 342. The Morgan fingerprint density at radius 1 is 0.419 bits per heavy atom. The lowest BCUT2D eigenvalue weighted by atomic mass is 10.0. The van der Waals surface area contributed by atoms with Crippen molar-refractivity contribution in [1.82, 2.24) is 5.32 Å². The zero-order chi connectivity index (χ0) is 22.7. The molecule has 2 nitrogen and oxygen atoms in total. The zero-order valence-electron chi connectivity index (χ0n) is 21.8. The lowest BCUT2D eigenvalue weighted by Crippen LogP contribution is -2.23. The molecule has 1 amide bonds. The predicted octanol–water partition coefficient (Wildman–Crippen LogP) is 9.89. The lowest BCUT2D eigenvalue weighted by molar-refractivity contribution is -0.121. The van der Waals surface area contributed by atoms with Gasteiger partial charge in [0.1, 0.15) is 0 Å². The van der Waals surface area contributed by atoms with Crippen molar-refractivity contribution >= 4 is 5.91 Å². The van der Waals surface area contributed by atoms with Crippen LogP contribution in [0, 0.1) is 0 Å². The molecule has 186 valence electrons. The van der Waals surface area contributed by atoms with Crippen LogP contribution in [0.1, 0.15) is 174 Å². The summed E-state index contributed by atoms with van der Waals surface area (Å²) in [5.74, 6) is 0.273. The minimum atomic E-state index is 0.273. The summed E-state index contributed by atoms with van der Waals surface area (Å²) in [7, 11) is 0. The van der Waals surface area contributed by atoms with Crippen LogP contribution in [-0.4, -0.2) is 12.5 Å². The fourth-order valence-electron chi connectivity index (χ4n) is 4.41. The first-order valence-electron chi connectivity index (χ1n) is 14.6. The van der Waals surface area contributed by atoms with Gasteiger partial charge < -0.3 is 5.32 Å². The maximum Gasteiger partial charge on any atom is 0.219 e. The van der Waals surface area contributed by atoms with Gasteiger partial charge in [0.2, 0.25) is 5.91 Å². The molecule has 1 N–H and O–H groups in total. The highest BCUT2D eigenvalue weighted by molar-refractivity contribution is 5.75. The summed E-state index contributed by atoms with van der Waals surface area (Å²) < 4.78 is 0. The Labute approximate surface area is 197 Å². The molecule has 0 saturated heterocycles. The second-order valence-electron chi connectivity index (χ2n) is 9.88. The highest BCUT2D eigenvalue weighted by Gasteiger charge is 2.01. The fourth-order valence-corrected chi connectivity index (χ4v) is 4.41. The second kappa shape index (κ2) is 27.5. The molecule has 0 unspecified atom stereocenters. The number of hydrogen-bond donors (Lipinski definition) is 1. The van der Waals surface area contributed by atoms with Crippen molar-refractivity contribution < 1.29 is 4.79 Å². The van der Waals surface area contributed by atoms with Gasteiger partial charge in [-0.2, -0.15) is 0 Å². The summed E-state index contributed by atoms with van der Waals surface area (Å²) in [4.78, 5) is 11.9. The molecule has 0 aromatic heterocycles. The Morgan fingerprint density at radius 3 is 1.06 bits per heavy atom. The van der Waals surface area contributed by atoms with Crippen LogP contribution in [0.3, 0.4) is 0 Å². The van der Waals surface area contributed by atoms with Crippen molar-refractivity contribution in [3.05, 3.63) is 0 Å². The summed E-state index contributed by atoms with van der Waals surface area (Å²) in [6, 6.07) is 0. The van der Waals surface area contributed by atoms with Crippen LogP contribution in [0.4, 0.5) is 0 Å². The van der Waals surface area contributed by atoms with E-state index in [1.165, 1.54) is 141 Å². The Balaban J connectivity index is 3.13.